The molecule has 0 atom stereocenters. The number of unbranched alkanes of at least 4 members (excludes halogenated alkanes) is 3. The standard InChI is InChI=1S/C10H16BrN3OS/c11-9-7-16-10(14-9)5-3-1-2-4-6-12-13-8-15/h7-8,12H,1-6H2,(H,13,15). The Morgan fingerprint density at radius 1 is 1.38 bits per heavy atom. The van der Waals surface area contributed by atoms with Crippen LogP contribution in [0.25, 0.3) is 0 Å². The largest absolute Gasteiger partial charge is 0.294 e. The smallest absolute Gasteiger partial charge is 0.221 e. The van der Waals surface area contributed by atoms with Crippen molar-refractivity contribution in [1.82, 2.24) is 15.8 Å². The predicted molar refractivity (Wildman–Crippen MR) is 69.2 cm³/mol. The number of nitrogens with one attached hydrogen (secondary N) is 2. The first-order valence-electron chi connectivity index (χ1n) is 5.35. The Morgan fingerprint density at radius 2 is 2.19 bits per heavy atom. The summed E-state index contributed by atoms with van der Waals surface area (Å²) >= 11 is 5.05. The average Bonchev–Trinajstić information content (AvgIpc) is 2.68. The third-order valence-electron chi connectivity index (χ3n) is 2.13. The number of nitrogens with zero attached hydrogens (tertiary/aromatic N) is 1. The van der Waals surface area contributed by atoms with Crippen molar-refractivity contribution in [3.63, 3.8) is 0 Å². The van der Waals surface area contributed by atoms with E-state index in [2.05, 4.69) is 31.8 Å². The lowest BCUT2D eigenvalue weighted by Gasteiger charge is -2.01. The van der Waals surface area contributed by atoms with E-state index in [1.807, 2.05) is 5.38 Å². The van der Waals surface area contributed by atoms with Gasteiger partial charge < -0.3 is 0 Å². The highest BCUT2D eigenvalue weighted by molar-refractivity contribution is 9.10. The fraction of sp³-hybridized carbons (Fsp3) is 0.600. The first-order chi connectivity index (χ1) is 7.83. The van der Waals surface area contributed by atoms with E-state index in [9.17, 15) is 4.79 Å². The van der Waals surface area contributed by atoms with Crippen LogP contribution in [0.1, 0.15) is 30.7 Å². The van der Waals surface area contributed by atoms with Crippen molar-refractivity contribution >= 4 is 33.7 Å². The Balaban J connectivity index is 1.90. The Morgan fingerprint density at radius 3 is 2.88 bits per heavy atom. The molecule has 0 fully saturated rings. The number of rotatable bonds is 9. The Kier molecular flexibility index (Phi) is 7.37. The SMILES string of the molecule is O=CNNCCCCCCc1nc(Br)cs1. The van der Waals surface area contributed by atoms with Gasteiger partial charge in [-0.15, -0.1) is 11.3 Å². The predicted octanol–water partition coefficient (Wildman–Crippen LogP) is 2.26. The summed E-state index contributed by atoms with van der Waals surface area (Å²) in [7, 11) is 0. The van der Waals surface area contributed by atoms with Crippen molar-refractivity contribution in [1.29, 1.82) is 0 Å². The number of amides is 1. The zero-order chi connectivity index (χ0) is 11.6. The monoisotopic (exact) mass is 305 g/mol. The van der Waals surface area contributed by atoms with Crippen LogP contribution in [0.5, 0.6) is 0 Å². The van der Waals surface area contributed by atoms with E-state index in [1.165, 1.54) is 24.3 Å². The number of hydrogen-bond donors (Lipinski definition) is 2. The normalized spacial score (nSPS) is 10.3. The van der Waals surface area contributed by atoms with Gasteiger partial charge >= 0.3 is 0 Å². The Bertz CT molecular complexity index is 306. The third-order valence-corrected chi connectivity index (χ3v) is 3.75. The number of carbonyl (C=O) groups is 1. The number of aryl methyl sites for hydroxylation is 1. The lowest BCUT2D eigenvalue weighted by molar-refractivity contribution is -0.110. The summed E-state index contributed by atoms with van der Waals surface area (Å²) in [5.74, 6) is 0. The molecule has 16 heavy (non-hydrogen) atoms. The van der Waals surface area contributed by atoms with E-state index in [1.54, 1.807) is 11.3 Å². The van der Waals surface area contributed by atoms with Crippen LogP contribution >= 0.6 is 27.3 Å². The lowest BCUT2D eigenvalue weighted by Crippen LogP contribution is -2.30. The van der Waals surface area contributed by atoms with Gasteiger partial charge in [0.15, 0.2) is 0 Å². The molecule has 1 aromatic heterocycles. The molecule has 1 heterocycles. The van der Waals surface area contributed by atoms with Crippen LogP contribution in [0, 0.1) is 0 Å². The number of hydrazine groups is 1. The second-order valence-corrected chi connectivity index (χ2v) is 5.17. The van der Waals surface area contributed by atoms with Crippen molar-refractivity contribution in [2.24, 2.45) is 0 Å². The van der Waals surface area contributed by atoms with Crippen molar-refractivity contribution in [3.8, 4) is 0 Å². The molecule has 1 aromatic rings. The molecule has 0 unspecified atom stereocenters. The van der Waals surface area contributed by atoms with Gasteiger partial charge in [0.25, 0.3) is 0 Å². The summed E-state index contributed by atoms with van der Waals surface area (Å²) in [5, 5.41) is 3.22. The summed E-state index contributed by atoms with van der Waals surface area (Å²) in [6, 6.07) is 0. The molecule has 0 aliphatic carbocycles. The van der Waals surface area contributed by atoms with Crippen LogP contribution in [0.15, 0.2) is 9.98 Å². The molecule has 0 saturated heterocycles. The zero-order valence-corrected chi connectivity index (χ0v) is 11.4. The van der Waals surface area contributed by atoms with E-state index in [-0.39, 0.29) is 0 Å². The van der Waals surface area contributed by atoms with E-state index < -0.39 is 0 Å². The molecule has 6 heteroatoms. The molecule has 0 aliphatic rings. The van der Waals surface area contributed by atoms with Crippen LogP contribution in [0.4, 0.5) is 0 Å². The van der Waals surface area contributed by atoms with E-state index >= 15 is 0 Å². The topological polar surface area (TPSA) is 54.0 Å². The van der Waals surface area contributed by atoms with Crippen molar-refractivity contribution in [3.05, 3.63) is 15.0 Å². The fourth-order valence-electron chi connectivity index (χ4n) is 1.36. The second kappa shape index (κ2) is 8.66. The molecule has 1 rings (SSSR count). The molecule has 90 valence electrons. The summed E-state index contributed by atoms with van der Waals surface area (Å²) in [6.07, 6.45) is 6.38. The minimum absolute atomic E-state index is 0.653. The lowest BCUT2D eigenvalue weighted by atomic mass is 10.1. The van der Waals surface area contributed by atoms with E-state index in [0.29, 0.717) is 6.41 Å². The fourth-order valence-corrected chi connectivity index (χ4v) is 2.67. The number of aromatic nitrogens is 1. The van der Waals surface area contributed by atoms with Gasteiger partial charge in [-0.1, -0.05) is 12.8 Å². The molecule has 0 bridgehead atoms. The van der Waals surface area contributed by atoms with Gasteiger partial charge in [0.1, 0.15) is 4.60 Å². The van der Waals surface area contributed by atoms with Crippen molar-refractivity contribution in [2.45, 2.75) is 32.1 Å². The van der Waals surface area contributed by atoms with E-state index in [0.717, 1.165) is 24.0 Å². The summed E-state index contributed by atoms with van der Waals surface area (Å²) in [6.45, 7) is 0.835. The van der Waals surface area contributed by atoms with Gasteiger partial charge in [0.05, 0.1) is 5.01 Å². The highest BCUT2D eigenvalue weighted by Crippen LogP contribution is 2.17. The molecular weight excluding hydrogens is 290 g/mol. The van der Waals surface area contributed by atoms with Crippen LogP contribution in [-0.2, 0) is 11.2 Å². The Hall–Kier alpha value is -0.460. The first kappa shape index (κ1) is 13.6. The van der Waals surface area contributed by atoms with Crippen LogP contribution in [0.3, 0.4) is 0 Å². The molecule has 0 radical (unpaired) electrons. The third kappa shape index (κ3) is 6.19. The minimum atomic E-state index is 0.653. The van der Waals surface area contributed by atoms with Gasteiger partial charge in [-0.05, 0) is 35.2 Å². The molecule has 0 saturated carbocycles. The second-order valence-electron chi connectivity index (χ2n) is 3.42. The molecule has 2 N–H and O–H groups in total. The molecule has 4 nitrogen and oxygen atoms in total. The number of thiazole rings is 1. The zero-order valence-electron chi connectivity index (χ0n) is 9.04. The van der Waals surface area contributed by atoms with Gasteiger partial charge in [0, 0.05) is 11.9 Å². The van der Waals surface area contributed by atoms with Crippen molar-refractivity contribution < 1.29 is 4.79 Å². The quantitative estimate of drug-likeness (QED) is 0.418. The van der Waals surface area contributed by atoms with Gasteiger partial charge in [0.2, 0.25) is 6.41 Å². The maximum Gasteiger partial charge on any atom is 0.221 e. The highest BCUT2D eigenvalue weighted by atomic mass is 79.9. The molecule has 0 aliphatic heterocycles. The van der Waals surface area contributed by atoms with Crippen LogP contribution < -0.4 is 10.9 Å². The molecule has 1 amide bonds. The Labute approximate surface area is 108 Å². The highest BCUT2D eigenvalue weighted by Gasteiger charge is 1.98. The summed E-state index contributed by atoms with van der Waals surface area (Å²) in [5.41, 5.74) is 5.24. The number of carbonyl (C=O) groups excluding carboxylic acids is 1. The maximum absolute atomic E-state index is 9.92. The minimum Gasteiger partial charge on any atom is -0.294 e. The molecule has 0 aromatic carbocycles. The van der Waals surface area contributed by atoms with Crippen LogP contribution in [0.2, 0.25) is 0 Å². The van der Waals surface area contributed by atoms with Crippen LogP contribution in [-0.4, -0.2) is 17.9 Å². The summed E-state index contributed by atoms with van der Waals surface area (Å²) < 4.78 is 0.941. The number of hydrogen-bond acceptors (Lipinski definition) is 4. The van der Waals surface area contributed by atoms with Gasteiger partial charge in [-0.25, -0.2) is 10.4 Å². The summed E-state index contributed by atoms with van der Waals surface area (Å²) in [4.78, 5) is 14.3. The van der Waals surface area contributed by atoms with Gasteiger partial charge in [-0.2, -0.15) is 0 Å². The van der Waals surface area contributed by atoms with Crippen molar-refractivity contribution in [2.75, 3.05) is 6.54 Å². The average molecular weight is 306 g/mol. The molecule has 0 spiro atoms. The van der Waals surface area contributed by atoms with E-state index in [4.69, 9.17) is 0 Å². The molecular formula is C10H16BrN3OS. The number of halogens is 1. The first-order valence-corrected chi connectivity index (χ1v) is 7.02. The maximum atomic E-state index is 9.92. The van der Waals surface area contributed by atoms with Gasteiger partial charge in [-0.3, -0.25) is 10.2 Å².